The molecule has 0 unspecified atom stereocenters. The number of nitrogens with zero attached hydrogens (tertiary/aromatic N) is 1. The summed E-state index contributed by atoms with van der Waals surface area (Å²) < 4.78 is 5.81. The Balaban J connectivity index is 1.24. The van der Waals surface area contributed by atoms with Crippen molar-refractivity contribution in [2.45, 2.75) is 55.1 Å². The Morgan fingerprint density at radius 1 is 0.933 bits per heavy atom. The van der Waals surface area contributed by atoms with E-state index in [1.165, 1.54) is 0 Å². The van der Waals surface area contributed by atoms with E-state index in [9.17, 15) is 14.7 Å². The SMILES string of the molecule is O=C1O[C@]2(CCN(C(=O)C3(c4ccc(C5(O)CCC5)cc4)CC3)C2)c2ccccc21. The molecule has 2 aromatic rings. The van der Waals surface area contributed by atoms with E-state index < -0.39 is 16.6 Å². The Kier molecular flexibility index (Phi) is 3.59. The summed E-state index contributed by atoms with van der Waals surface area (Å²) in [5.74, 6) is -0.152. The molecule has 0 aromatic heterocycles. The van der Waals surface area contributed by atoms with Gasteiger partial charge in [0.2, 0.25) is 5.91 Å². The first-order valence-corrected chi connectivity index (χ1v) is 10.9. The fraction of sp³-hybridized carbons (Fsp3) is 0.440. The van der Waals surface area contributed by atoms with Gasteiger partial charge in [-0.1, -0.05) is 42.5 Å². The molecule has 154 valence electrons. The molecule has 3 fully saturated rings. The molecule has 1 spiro atoms. The van der Waals surface area contributed by atoms with Gasteiger partial charge in [0.05, 0.1) is 23.1 Å². The molecule has 1 N–H and O–H groups in total. The van der Waals surface area contributed by atoms with Crippen LogP contribution in [0.4, 0.5) is 0 Å². The number of fused-ring (bicyclic) bond motifs is 2. The Bertz CT molecular complexity index is 1050. The number of amides is 1. The summed E-state index contributed by atoms with van der Waals surface area (Å²) >= 11 is 0. The molecule has 2 aliphatic carbocycles. The zero-order chi connectivity index (χ0) is 20.6. The molecule has 30 heavy (non-hydrogen) atoms. The molecular formula is C25H25NO4. The maximum Gasteiger partial charge on any atom is 0.339 e. The molecule has 0 radical (unpaired) electrons. The van der Waals surface area contributed by atoms with E-state index in [0.29, 0.717) is 25.1 Å². The number of aliphatic hydroxyl groups is 1. The van der Waals surface area contributed by atoms with Gasteiger partial charge in [0.1, 0.15) is 0 Å². The minimum atomic E-state index is -0.698. The van der Waals surface area contributed by atoms with Gasteiger partial charge >= 0.3 is 5.97 Å². The third kappa shape index (κ3) is 2.38. The molecule has 2 heterocycles. The monoisotopic (exact) mass is 403 g/mol. The van der Waals surface area contributed by atoms with Crippen molar-refractivity contribution in [2.24, 2.45) is 0 Å². The third-order valence-electron chi connectivity index (χ3n) is 7.76. The minimum absolute atomic E-state index is 0.134. The van der Waals surface area contributed by atoms with Crippen LogP contribution in [0.15, 0.2) is 48.5 Å². The van der Waals surface area contributed by atoms with Crippen LogP contribution in [0.5, 0.6) is 0 Å². The standard InChI is InChI=1S/C25H25NO4/c27-21-19-4-1-2-5-20(19)25(30-21)14-15-26(16-25)22(28)23(12-13-23)17-6-8-18(9-7-17)24(29)10-3-11-24/h1-2,4-9,29H,3,10-16H2/t25-/m0/s1. The summed E-state index contributed by atoms with van der Waals surface area (Å²) in [6, 6.07) is 15.5. The number of carbonyl (C=O) groups is 2. The van der Waals surface area contributed by atoms with Crippen LogP contribution in [-0.2, 0) is 26.1 Å². The highest BCUT2D eigenvalue weighted by atomic mass is 16.6. The van der Waals surface area contributed by atoms with Crippen LogP contribution in [0, 0.1) is 0 Å². The van der Waals surface area contributed by atoms with E-state index in [1.807, 2.05) is 47.4 Å². The predicted molar refractivity (Wildman–Crippen MR) is 110 cm³/mol. The molecule has 6 rings (SSSR count). The summed E-state index contributed by atoms with van der Waals surface area (Å²) in [5.41, 5.74) is 1.68. The number of ether oxygens (including phenoxy) is 1. The number of benzene rings is 2. The van der Waals surface area contributed by atoms with Gasteiger partial charge in [-0.25, -0.2) is 4.79 Å². The van der Waals surface area contributed by atoms with Gasteiger partial charge in [0.25, 0.3) is 0 Å². The van der Waals surface area contributed by atoms with Crippen molar-refractivity contribution in [3.05, 3.63) is 70.8 Å². The highest BCUT2D eigenvalue weighted by Gasteiger charge is 2.57. The van der Waals surface area contributed by atoms with Gasteiger partial charge in [0, 0.05) is 18.5 Å². The Morgan fingerprint density at radius 3 is 2.30 bits per heavy atom. The lowest BCUT2D eigenvalue weighted by Crippen LogP contribution is -2.40. The number of likely N-dealkylation sites (tertiary alicyclic amines) is 1. The summed E-state index contributed by atoms with van der Waals surface area (Å²) in [6.07, 6.45) is 5.01. The zero-order valence-electron chi connectivity index (χ0n) is 16.9. The van der Waals surface area contributed by atoms with Gasteiger partial charge in [-0.15, -0.1) is 0 Å². The van der Waals surface area contributed by atoms with Crippen LogP contribution < -0.4 is 0 Å². The lowest BCUT2D eigenvalue weighted by atomic mass is 9.75. The van der Waals surface area contributed by atoms with Gasteiger partial charge in [0.15, 0.2) is 5.60 Å². The fourth-order valence-corrected chi connectivity index (χ4v) is 5.56. The number of carbonyl (C=O) groups excluding carboxylic acids is 2. The second-order valence-corrected chi connectivity index (χ2v) is 9.45. The van der Waals surface area contributed by atoms with Crippen molar-refractivity contribution < 1.29 is 19.4 Å². The molecule has 2 aliphatic heterocycles. The van der Waals surface area contributed by atoms with Crippen molar-refractivity contribution in [2.75, 3.05) is 13.1 Å². The first-order valence-electron chi connectivity index (χ1n) is 10.9. The quantitative estimate of drug-likeness (QED) is 0.798. The molecular weight excluding hydrogens is 378 g/mol. The molecule has 2 saturated carbocycles. The molecule has 4 aliphatic rings. The zero-order valence-corrected chi connectivity index (χ0v) is 16.9. The molecule has 2 aromatic carbocycles. The Morgan fingerprint density at radius 2 is 1.63 bits per heavy atom. The maximum absolute atomic E-state index is 13.5. The molecule has 1 saturated heterocycles. The highest BCUT2D eigenvalue weighted by molar-refractivity contribution is 5.96. The summed E-state index contributed by atoms with van der Waals surface area (Å²) in [6.45, 7) is 1.02. The van der Waals surface area contributed by atoms with Crippen molar-refractivity contribution in [1.29, 1.82) is 0 Å². The van der Waals surface area contributed by atoms with E-state index in [-0.39, 0.29) is 11.9 Å². The first kappa shape index (κ1) is 18.1. The van der Waals surface area contributed by atoms with Crippen molar-refractivity contribution in [1.82, 2.24) is 4.90 Å². The van der Waals surface area contributed by atoms with Crippen LogP contribution in [0.2, 0.25) is 0 Å². The molecule has 1 amide bonds. The highest BCUT2D eigenvalue weighted by Crippen LogP contribution is 2.52. The van der Waals surface area contributed by atoms with E-state index in [1.54, 1.807) is 6.07 Å². The average Bonchev–Trinajstić information content (AvgIpc) is 3.38. The van der Waals surface area contributed by atoms with Crippen LogP contribution in [0.1, 0.15) is 65.6 Å². The molecule has 5 nitrogen and oxygen atoms in total. The van der Waals surface area contributed by atoms with Crippen molar-refractivity contribution in [3.8, 4) is 0 Å². The molecule has 5 heteroatoms. The smallest absolute Gasteiger partial charge is 0.339 e. The first-order chi connectivity index (χ1) is 14.5. The predicted octanol–water partition coefficient (Wildman–Crippen LogP) is 3.39. The van der Waals surface area contributed by atoms with Crippen LogP contribution >= 0.6 is 0 Å². The van der Waals surface area contributed by atoms with Crippen LogP contribution in [0.3, 0.4) is 0 Å². The van der Waals surface area contributed by atoms with Crippen molar-refractivity contribution in [3.63, 3.8) is 0 Å². The normalized spacial score (nSPS) is 27.5. The van der Waals surface area contributed by atoms with Crippen LogP contribution in [0.25, 0.3) is 0 Å². The number of esters is 1. The summed E-state index contributed by atoms with van der Waals surface area (Å²) in [4.78, 5) is 27.8. The van der Waals surface area contributed by atoms with Crippen LogP contribution in [-0.4, -0.2) is 35.0 Å². The lowest BCUT2D eigenvalue weighted by Gasteiger charge is -2.37. The second-order valence-electron chi connectivity index (χ2n) is 9.45. The maximum atomic E-state index is 13.5. The third-order valence-corrected chi connectivity index (χ3v) is 7.76. The van der Waals surface area contributed by atoms with Crippen molar-refractivity contribution >= 4 is 11.9 Å². The largest absolute Gasteiger partial charge is 0.449 e. The van der Waals surface area contributed by atoms with Gasteiger partial charge in [-0.3, -0.25) is 4.79 Å². The molecule has 0 bridgehead atoms. The van der Waals surface area contributed by atoms with E-state index in [0.717, 1.165) is 48.8 Å². The minimum Gasteiger partial charge on any atom is -0.449 e. The topological polar surface area (TPSA) is 66.8 Å². The fourth-order valence-electron chi connectivity index (χ4n) is 5.56. The number of hydrogen-bond acceptors (Lipinski definition) is 4. The number of hydrogen-bond donors (Lipinski definition) is 1. The summed E-state index contributed by atoms with van der Waals surface area (Å²) in [7, 11) is 0. The van der Waals surface area contributed by atoms with E-state index in [4.69, 9.17) is 4.74 Å². The summed E-state index contributed by atoms with van der Waals surface area (Å²) in [5, 5.41) is 10.6. The van der Waals surface area contributed by atoms with Gasteiger partial charge in [-0.05, 0) is 49.3 Å². The second kappa shape index (κ2) is 5.94. The van der Waals surface area contributed by atoms with E-state index in [2.05, 4.69) is 0 Å². The average molecular weight is 403 g/mol. The Hall–Kier alpha value is -2.66. The Labute approximate surface area is 175 Å². The number of rotatable bonds is 3. The van der Waals surface area contributed by atoms with Gasteiger partial charge < -0.3 is 14.7 Å². The van der Waals surface area contributed by atoms with E-state index >= 15 is 0 Å². The lowest BCUT2D eigenvalue weighted by molar-refractivity contribution is -0.134. The molecule has 1 atom stereocenters. The van der Waals surface area contributed by atoms with Gasteiger partial charge in [-0.2, -0.15) is 0 Å².